The second-order valence-corrected chi connectivity index (χ2v) is 5.48. The van der Waals surface area contributed by atoms with Gasteiger partial charge in [0.05, 0.1) is 0 Å². The van der Waals surface area contributed by atoms with E-state index in [1.807, 2.05) is 4.90 Å². The van der Waals surface area contributed by atoms with Gasteiger partial charge in [-0.3, -0.25) is 9.59 Å². The molecule has 1 spiro atoms. The van der Waals surface area contributed by atoms with Crippen LogP contribution in [0.15, 0.2) is 12.7 Å². The summed E-state index contributed by atoms with van der Waals surface area (Å²) in [5.74, 6) is 0.412. The summed E-state index contributed by atoms with van der Waals surface area (Å²) in [6.07, 6.45) is 6.79. The molecule has 2 amide bonds. The first-order valence-corrected chi connectivity index (χ1v) is 6.81. The maximum absolute atomic E-state index is 11.9. The molecule has 4 heteroatoms. The predicted octanol–water partition coefficient (Wildman–Crippen LogP) is 1.47. The third kappa shape index (κ3) is 2.92. The molecule has 0 radical (unpaired) electrons. The molecule has 2 heterocycles. The zero-order chi connectivity index (χ0) is 13.0. The number of amides is 2. The lowest BCUT2D eigenvalue weighted by atomic mass is 9.73. The number of piperidine rings is 2. The van der Waals surface area contributed by atoms with Crippen molar-refractivity contribution in [2.45, 2.75) is 38.5 Å². The number of carbonyl (C=O) groups excluding carboxylic acids is 2. The molecule has 0 bridgehead atoms. The molecule has 2 saturated heterocycles. The second-order valence-electron chi connectivity index (χ2n) is 5.48. The van der Waals surface area contributed by atoms with Gasteiger partial charge < -0.3 is 10.2 Å². The molecule has 0 aliphatic carbocycles. The Bertz CT molecular complexity index is 332. The molecule has 100 valence electrons. The van der Waals surface area contributed by atoms with E-state index in [2.05, 4.69) is 11.9 Å². The molecule has 2 aliphatic rings. The monoisotopic (exact) mass is 250 g/mol. The molecule has 0 aromatic rings. The van der Waals surface area contributed by atoms with Crippen molar-refractivity contribution < 1.29 is 9.59 Å². The molecule has 0 saturated carbocycles. The third-order valence-electron chi connectivity index (χ3n) is 4.28. The summed E-state index contributed by atoms with van der Waals surface area (Å²) in [7, 11) is 0. The lowest BCUT2D eigenvalue weighted by Crippen LogP contribution is -2.50. The standard InChI is InChI=1S/C14H22N2O2/c1-2-3-4-13(18)16-9-7-14(8-10-16)6-5-12(17)15-11-14/h2H,1,3-11H2,(H,15,17). The number of rotatable bonds is 3. The summed E-state index contributed by atoms with van der Waals surface area (Å²) in [6, 6.07) is 0. The van der Waals surface area contributed by atoms with E-state index in [0.717, 1.165) is 45.3 Å². The van der Waals surface area contributed by atoms with Crippen molar-refractivity contribution in [2.24, 2.45) is 5.41 Å². The molecule has 0 aromatic carbocycles. The molecule has 2 rings (SSSR count). The fourth-order valence-electron chi connectivity index (χ4n) is 2.88. The Hall–Kier alpha value is -1.32. The van der Waals surface area contributed by atoms with Crippen LogP contribution in [0.1, 0.15) is 38.5 Å². The highest BCUT2D eigenvalue weighted by Crippen LogP contribution is 2.37. The van der Waals surface area contributed by atoms with Gasteiger partial charge in [0, 0.05) is 32.5 Å². The van der Waals surface area contributed by atoms with E-state index in [1.54, 1.807) is 6.08 Å². The normalized spacial score (nSPS) is 22.7. The molecule has 1 N–H and O–H groups in total. The lowest BCUT2D eigenvalue weighted by Gasteiger charge is -2.44. The van der Waals surface area contributed by atoms with Crippen molar-refractivity contribution in [3.8, 4) is 0 Å². The van der Waals surface area contributed by atoms with Crippen molar-refractivity contribution >= 4 is 11.8 Å². The van der Waals surface area contributed by atoms with Crippen molar-refractivity contribution in [3.05, 3.63) is 12.7 Å². The molecule has 2 fully saturated rings. The Morgan fingerprint density at radius 1 is 1.39 bits per heavy atom. The van der Waals surface area contributed by atoms with Crippen molar-refractivity contribution in [2.75, 3.05) is 19.6 Å². The van der Waals surface area contributed by atoms with Crippen LogP contribution >= 0.6 is 0 Å². The average Bonchev–Trinajstić information content (AvgIpc) is 2.40. The Morgan fingerprint density at radius 3 is 2.67 bits per heavy atom. The fraction of sp³-hybridized carbons (Fsp3) is 0.714. The number of carbonyl (C=O) groups is 2. The van der Waals surface area contributed by atoms with Crippen molar-refractivity contribution in [1.82, 2.24) is 10.2 Å². The molecule has 4 nitrogen and oxygen atoms in total. The van der Waals surface area contributed by atoms with Gasteiger partial charge in [-0.1, -0.05) is 6.08 Å². The van der Waals surface area contributed by atoms with E-state index < -0.39 is 0 Å². The lowest BCUT2D eigenvalue weighted by molar-refractivity contribution is -0.135. The van der Waals surface area contributed by atoms with Gasteiger partial charge in [0.1, 0.15) is 0 Å². The topological polar surface area (TPSA) is 49.4 Å². The largest absolute Gasteiger partial charge is 0.356 e. The number of hydrogen-bond acceptors (Lipinski definition) is 2. The van der Waals surface area contributed by atoms with Crippen molar-refractivity contribution in [3.63, 3.8) is 0 Å². The van der Waals surface area contributed by atoms with Crippen LogP contribution in [0.25, 0.3) is 0 Å². The summed E-state index contributed by atoms with van der Waals surface area (Å²) in [5.41, 5.74) is 0.253. The maximum atomic E-state index is 11.9. The number of likely N-dealkylation sites (tertiary alicyclic amines) is 1. The Kier molecular flexibility index (Phi) is 4.04. The summed E-state index contributed by atoms with van der Waals surface area (Å²) in [6.45, 7) is 6.11. The van der Waals surface area contributed by atoms with Gasteiger partial charge in [0.25, 0.3) is 0 Å². The van der Waals surface area contributed by atoms with Gasteiger partial charge >= 0.3 is 0 Å². The first kappa shape index (κ1) is 13.1. The van der Waals surface area contributed by atoms with Crippen LogP contribution in [0.4, 0.5) is 0 Å². The summed E-state index contributed by atoms with van der Waals surface area (Å²) >= 11 is 0. The number of hydrogen-bond donors (Lipinski definition) is 1. The van der Waals surface area contributed by atoms with Crippen LogP contribution < -0.4 is 5.32 Å². The predicted molar refractivity (Wildman–Crippen MR) is 69.9 cm³/mol. The van der Waals surface area contributed by atoms with Crippen LogP contribution in [0.3, 0.4) is 0 Å². The summed E-state index contributed by atoms with van der Waals surface area (Å²) in [5, 5.41) is 2.97. The van der Waals surface area contributed by atoms with Crippen LogP contribution in [-0.2, 0) is 9.59 Å². The van der Waals surface area contributed by atoms with Gasteiger partial charge in [-0.05, 0) is 31.1 Å². The van der Waals surface area contributed by atoms with Gasteiger partial charge in [-0.25, -0.2) is 0 Å². The van der Waals surface area contributed by atoms with Crippen molar-refractivity contribution in [1.29, 1.82) is 0 Å². The van der Waals surface area contributed by atoms with E-state index in [4.69, 9.17) is 0 Å². The van der Waals surface area contributed by atoms with Gasteiger partial charge in [0.2, 0.25) is 11.8 Å². The zero-order valence-electron chi connectivity index (χ0n) is 10.9. The zero-order valence-corrected chi connectivity index (χ0v) is 10.9. The first-order chi connectivity index (χ1) is 8.65. The minimum Gasteiger partial charge on any atom is -0.356 e. The number of nitrogens with zero attached hydrogens (tertiary/aromatic N) is 1. The minimum atomic E-state index is 0.171. The Morgan fingerprint density at radius 2 is 2.11 bits per heavy atom. The highest BCUT2D eigenvalue weighted by Gasteiger charge is 2.38. The molecule has 18 heavy (non-hydrogen) atoms. The van der Waals surface area contributed by atoms with Crippen LogP contribution in [-0.4, -0.2) is 36.3 Å². The van der Waals surface area contributed by atoms with Crippen LogP contribution in [0, 0.1) is 5.41 Å². The Labute approximate surface area is 108 Å². The SMILES string of the molecule is C=CCCC(=O)N1CCC2(CCC(=O)NC2)CC1. The third-order valence-corrected chi connectivity index (χ3v) is 4.28. The molecule has 2 aliphatic heterocycles. The smallest absolute Gasteiger partial charge is 0.222 e. The molecular weight excluding hydrogens is 228 g/mol. The molecule has 0 unspecified atom stereocenters. The summed E-state index contributed by atoms with van der Waals surface area (Å²) in [4.78, 5) is 25.0. The first-order valence-electron chi connectivity index (χ1n) is 6.81. The summed E-state index contributed by atoms with van der Waals surface area (Å²) < 4.78 is 0. The van der Waals surface area contributed by atoms with Crippen LogP contribution in [0.5, 0.6) is 0 Å². The van der Waals surface area contributed by atoms with E-state index in [0.29, 0.717) is 12.8 Å². The average molecular weight is 250 g/mol. The van der Waals surface area contributed by atoms with Gasteiger partial charge in [0.15, 0.2) is 0 Å². The van der Waals surface area contributed by atoms with Crippen LogP contribution in [0.2, 0.25) is 0 Å². The fourth-order valence-corrected chi connectivity index (χ4v) is 2.88. The van der Waals surface area contributed by atoms with E-state index in [9.17, 15) is 9.59 Å². The van der Waals surface area contributed by atoms with E-state index >= 15 is 0 Å². The molecular formula is C14H22N2O2. The number of nitrogens with one attached hydrogen (secondary N) is 1. The van der Waals surface area contributed by atoms with Gasteiger partial charge in [-0.2, -0.15) is 0 Å². The highest BCUT2D eigenvalue weighted by atomic mass is 16.2. The number of allylic oxidation sites excluding steroid dienone is 1. The maximum Gasteiger partial charge on any atom is 0.222 e. The highest BCUT2D eigenvalue weighted by molar-refractivity contribution is 5.77. The second kappa shape index (κ2) is 5.55. The molecule has 0 aromatic heterocycles. The molecule has 0 atom stereocenters. The van der Waals surface area contributed by atoms with Gasteiger partial charge in [-0.15, -0.1) is 6.58 Å². The Balaban J connectivity index is 1.82. The minimum absolute atomic E-state index is 0.171. The van der Waals surface area contributed by atoms with E-state index in [1.165, 1.54) is 0 Å². The quantitative estimate of drug-likeness (QED) is 0.771. The van der Waals surface area contributed by atoms with E-state index in [-0.39, 0.29) is 17.2 Å².